The molecule has 1 unspecified atom stereocenters. The Bertz CT molecular complexity index is 341. The minimum absolute atomic E-state index is 0.0828. The first-order chi connectivity index (χ1) is 8.13. The highest BCUT2D eigenvalue weighted by Gasteiger charge is 2.16. The van der Waals surface area contributed by atoms with Crippen LogP contribution in [0, 0.1) is 0 Å². The van der Waals surface area contributed by atoms with E-state index in [0.717, 1.165) is 28.5 Å². The molecule has 1 aromatic rings. The van der Waals surface area contributed by atoms with Crippen molar-refractivity contribution in [1.29, 1.82) is 0 Å². The number of anilines is 1. The van der Waals surface area contributed by atoms with Gasteiger partial charge in [-0.05, 0) is 13.3 Å². The van der Waals surface area contributed by atoms with Gasteiger partial charge >= 0.3 is 0 Å². The average molecular weight is 258 g/mol. The van der Waals surface area contributed by atoms with Gasteiger partial charge < -0.3 is 14.7 Å². The van der Waals surface area contributed by atoms with Crippen molar-refractivity contribution < 1.29 is 9.84 Å². The molecule has 0 fully saturated rings. The van der Waals surface area contributed by atoms with Crippen molar-refractivity contribution in [2.45, 2.75) is 39.3 Å². The molecule has 0 spiro atoms. The molecular weight excluding hydrogens is 236 g/mol. The third-order valence-electron chi connectivity index (χ3n) is 2.77. The zero-order chi connectivity index (χ0) is 12.8. The number of rotatable bonds is 7. The molecule has 17 heavy (non-hydrogen) atoms. The summed E-state index contributed by atoms with van der Waals surface area (Å²) in [5.74, 6) is 0. The second kappa shape index (κ2) is 6.93. The van der Waals surface area contributed by atoms with E-state index in [9.17, 15) is 5.11 Å². The first-order valence-corrected chi connectivity index (χ1v) is 6.76. The number of thiazole rings is 1. The zero-order valence-electron chi connectivity index (χ0n) is 11.1. The molecule has 0 amide bonds. The summed E-state index contributed by atoms with van der Waals surface area (Å²) < 4.78 is 5.14. The van der Waals surface area contributed by atoms with Crippen LogP contribution in [0.5, 0.6) is 0 Å². The van der Waals surface area contributed by atoms with Gasteiger partial charge in [-0.15, -0.1) is 0 Å². The van der Waals surface area contributed by atoms with Gasteiger partial charge in [-0.1, -0.05) is 24.7 Å². The van der Waals surface area contributed by atoms with E-state index in [1.54, 1.807) is 18.4 Å². The molecular formula is C12H22N2O2S. The lowest BCUT2D eigenvalue weighted by Gasteiger charge is -2.23. The Balaban J connectivity index is 2.83. The lowest BCUT2D eigenvalue weighted by Crippen LogP contribution is -2.32. The number of hydrogen-bond acceptors (Lipinski definition) is 5. The zero-order valence-corrected chi connectivity index (χ0v) is 11.9. The largest absolute Gasteiger partial charge is 0.391 e. The van der Waals surface area contributed by atoms with E-state index in [1.165, 1.54) is 0 Å². The smallest absolute Gasteiger partial charge is 0.185 e. The molecule has 1 N–H and O–H groups in total. The number of hydrogen-bond donors (Lipinski definition) is 1. The number of likely N-dealkylation sites (N-methyl/N-ethyl adjacent to an activating group) is 1. The number of methoxy groups -OCH3 is 1. The van der Waals surface area contributed by atoms with Crippen LogP contribution in [0.3, 0.4) is 0 Å². The molecule has 98 valence electrons. The summed E-state index contributed by atoms with van der Waals surface area (Å²) >= 11 is 1.57. The molecule has 0 aliphatic rings. The maximum absolute atomic E-state index is 9.31. The van der Waals surface area contributed by atoms with Crippen molar-refractivity contribution in [2.24, 2.45) is 0 Å². The normalized spacial score (nSPS) is 12.8. The van der Waals surface area contributed by atoms with Gasteiger partial charge in [0.05, 0.1) is 29.8 Å². The van der Waals surface area contributed by atoms with Crippen molar-refractivity contribution >= 4 is 16.5 Å². The van der Waals surface area contributed by atoms with Crippen LogP contribution in [0.15, 0.2) is 0 Å². The van der Waals surface area contributed by atoms with E-state index >= 15 is 0 Å². The average Bonchev–Trinajstić information content (AvgIpc) is 2.72. The van der Waals surface area contributed by atoms with Gasteiger partial charge in [0.1, 0.15) is 0 Å². The van der Waals surface area contributed by atoms with Crippen LogP contribution in [-0.2, 0) is 17.8 Å². The summed E-state index contributed by atoms with van der Waals surface area (Å²) in [7, 11) is 3.72. The highest BCUT2D eigenvalue weighted by molar-refractivity contribution is 7.15. The quantitative estimate of drug-likeness (QED) is 0.813. The second-order valence-electron chi connectivity index (χ2n) is 4.19. The number of ether oxygens (including phenoxy) is 1. The predicted molar refractivity (Wildman–Crippen MR) is 71.8 cm³/mol. The van der Waals surface area contributed by atoms with Gasteiger partial charge in [0.25, 0.3) is 0 Å². The molecule has 0 aliphatic heterocycles. The molecule has 1 heterocycles. The molecule has 1 atom stereocenters. The summed E-state index contributed by atoms with van der Waals surface area (Å²) in [6.07, 6.45) is 1.98. The molecule has 4 nitrogen and oxygen atoms in total. The Morgan fingerprint density at radius 2 is 2.24 bits per heavy atom. The number of nitrogens with zero attached hydrogens (tertiary/aromatic N) is 2. The molecule has 0 aromatic carbocycles. The van der Waals surface area contributed by atoms with Crippen LogP contribution < -0.4 is 4.90 Å². The molecule has 0 saturated carbocycles. The van der Waals surface area contributed by atoms with Gasteiger partial charge in [-0.2, -0.15) is 0 Å². The minimum Gasteiger partial charge on any atom is -0.391 e. The topological polar surface area (TPSA) is 45.6 Å². The van der Waals surface area contributed by atoms with Crippen LogP contribution in [0.2, 0.25) is 0 Å². The van der Waals surface area contributed by atoms with Gasteiger partial charge in [0.2, 0.25) is 0 Å². The maximum atomic E-state index is 9.31. The summed E-state index contributed by atoms with van der Waals surface area (Å²) in [5, 5.41) is 10.3. The standard InChI is InChI=1S/C12H22N2O2S/c1-5-6-10-11(7-15)17-12(13-10)14(3)9(2)8-16-4/h9,15H,5-8H2,1-4H3. The lowest BCUT2D eigenvalue weighted by molar-refractivity contribution is 0.183. The molecule has 5 heteroatoms. The summed E-state index contributed by atoms with van der Waals surface area (Å²) in [6.45, 7) is 4.98. The van der Waals surface area contributed by atoms with Crippen molar-refractivity contribution in [2.75, 3.05) is 25.7 Å². The lowest BCUT2D eigenvalue weighted by atomic mass is 10.2. The molecule has 0 bridgehead atoms. The van der Waals surface area contributed by atoms with E-state index in [4.69, 9.17) is 4.74 Å². The Kier molecular flexibility index (Phi) is 5.88. The van der Waals surface area contributed by atoms with Crippen molar-refractivity contribution in [3.63, 3.8) is 0 Å². The number of aliphatic hydroxyl groups excluding tert-OH is 1. The number of aryl methyl sites for hydroxylation is 1. The highest BCUT2D eigenvalue weighted by Crippen LogP contribution is 2.27. The van der Waals surface area contributed by atoms with Crippen LogP contribution in [0.4, 0.5) is 5.13 Å². The number of aromatic nitrogens is 1. The maximum Gasteiger partial charge on any atom is 0.185 e. The fourth-order valence-corrected chi connectivity index (χ4v) is 2.65. The van der Waals surface area contributed by atoms with Gasteiger partial charge in [0.15, 0.2) is 5.13 Å². The van der Waals surface area contributed by atoms with E-state index in [0.29, 0.717) is 6.61 Å². The predicted octanol–water partition coefficient (Wildman–Crippen LogP) is 2.06. The van der Waals surface area contributed by atoms with E-state index in [1.807, 2.05) is 7.05 Å². The Morgan fingerprint density at radius 3 is 2.76 bits per heavy atom. The Hall–Kier alpha value is -0.650. The van der Waals surface area contributed by atoms with Crippen LogP contribution >= 0.6 is 11.3 Å². The Labute approximate surface area is 107 Å². The molecule has 0 aliphatic carbocycles. The molecule has 0 saturated heterocycles. The van der Waals surface area contributed by atoms with Crippen molar-refractivity contribution in [3.8, 4) is 0 Å². The van der Waals surface area contributed by atoms with Gasteiger partial charge in [-0.25, -0.2) is 4.98 Å². The summed E-state index contributed by atoms with van der Waals surface area (Å²) in [5.41, 5.74) is 1.03. The molecule has 1 rings (SSSR count). The van der Waals surface area contributed by atoms with Crippen LogP contribution in [0.25, 0.3) is 0 Å². The van der Waals surface area contributed by atoms with Crippen molar-refractivity contribution in [3.05, 3.63) is 10.6 Å². The third-order valence-corrected chi connectivity index (χ3v) is 3.94. The van der Waals surface area contributed by atoms with E-state index < -0.39 is 0 Å². The number of aliphatic hydroxyl groups is 1. The molecule has 0 radical (unpaired) electrons. The van der Waals surface area contributed by atoms with E-state index in [-0.39, 0.29) is 12.6 Å². The monoisotopic (exact) mass is 258 g/mol. The fraction of sp³-hybridized carbons (Fsp3) is 0.750. The first kappa shape index (κ1) is 14.4. The third kappa shape index (κ3) is 3.66. The van der Waals surface area contributed by atoms with Gasteiger partial charge in [0, 0.05) is 14.2 Å². The van der Waals surface area contributed by atoms with Crippen LogP contribution in [-0.4, -0.2) is 36.9 Å². The van der Waals surface area contributed by atoms with Crippen LogP contribution in [0.1, 0.15) is 30.8 Å². The molecule has 1 aromatic heterocycles. The van der Waals surface area contributed by atoms with Gasteiger partial charge in [-0.3, -0.25) is 0 Å². The first-order valence-electron chi connectivity index (χ1n) is 5.95. The SMILES string of the molecule is CCCc1nc(N(C)C(C)COC)sc1CO. The Morgan fingerprint density at radius 1 is 1.53 bits per heavy atom. The highest BCUT2D eigenvalue weighted by atomic mass is 32.1. The minimum atomic E-state index is 0.0828. The van der Waals surface area contributed by atoms with Crippen molar-refractivity contribution in [1.82, 2.24) is 4.98 Å². The summed E-state index contributed by atoms with van der Waals surface area (Å²) in [6, 6.07) is 0.284. The summed E-state index contributed by atoms with van der Waals surface area (Å²) in [4.78, 5) is 7.69. The van der Waals surface area contributed by atoms with E-state index in [2.05, 4.69) is 23.7 Å². The fourth-order valence-electron chi connectivity index (χ4n) is 1.62. The second-order valence-corrected chi connectivity index (χ2v) is 5.25.